The van der Waals surface area contributed by atoms with Crippen molar-refractivity contribution in [3.8, 4) is 0 Å². The Labute approximate surface area is 132 Å². The molecule has 1 aliphatic rings. The summed E-state index contributed by atoms with van der Waals surface area (Å²) >= 11 is 1.88. The fourth-order valence-corrected chi connectivity index (χ4v) is 3.97. The van der Waals surface area contributed by atoms with Crippen LogP contribution in [0.2, 0.25) is 0 Å². The van der Waals surface area contributed by atoms with Crippen molar-refractivity contribution >= 4 is 28.6 Å². The SMILES string of the molecule is Cc1csc(C2(NC(=O)c3csc(C(F)(F)F)n3)CCC2)n1. The standard InChI is InChI=1S/C13H12F3N3OS2/c1-7-5-21-10(17-7)12(3-2-4-12)19-9(20)8-6-22-11(18-8)13(14,15)16/h5-6H,2-4H2,1H3,(H,19,20). The second kappa shape index (κ2) is 5.31. The minimum absolute atomic E-state index is 0.197. The number of hydrogen-bond acceptors (Lipinski definition) is 5. The maximum Gasteiger partial charge on any atom is 0.443 e. The highest BCUT2D eigenvalue weighted by molar-refractivity contribution is 7.10. The number of alkyl halides is 3. The minimum atomic E-state index is -4.52. The van der Waals surface area contributed by atoms with E-state index in [0.29, 0.717) is 11.3 Å². The van der Waals surface area contributed by atoms with Crippen molar-refractivity contribution in [2.24, 2.45) is 0 Å². The first-order valence-corrected chi connectivity index (χ1v) is 8.34. The van der Waals surface area contributed by atoms with E-state index in [2.05, 4.69) is 15.3 Å². The van der Waals surface area contributed by atoms with Crippen molar-refractivity contribution in [3.05, 3.63) is 32.2 Å². The van der Waals surface area contributed by atoms with E-state index in [4.69, 9.17) is 0 Å². The van der Waals surface area contributed by atoms with Gasteiger partial charge >= 0.3 is 6.18 Å². The van der Waals surface area contributed by atoms with Crippen LogP contribution < -0.4 is 5.32 Å². The minimum Gasteiger partial charge on any atom is -0.339 e. The van der Waals surface area contributed by atoms with Crippen molar-refractivity contribution in [1.82, 2.24) is 15.3 Å². The van der Waals surface area contributed by atoms with Crippen LogP contribution in [0.5, 0.6) is 0 Å². The van der Waals surface area contributed by atoms with Crippen LogP contribution in [0.3, 0.4) is 0 Å². The third-order valence-electron chi connectivity index (χ3n) is 3.57. The summed E-state index contributed by atoms with van der Waals surface area (Å²) in [5, 5.41) is 5.65. The topological polar surface area (TPSA) is 54.9 Å². The second-order valence-electron chi connectivity index (χ2n) is 5.22. The predicted molar refractivity (Wildman–Crippen MR) is 77.0 cm³/mol. The normalized spacial score (nSPS) is 17.1. The first-order chi connectivity index (χ1) is 10.3. The number of amides is 1. The Bertz CT molecular complexity index is 703. The lowest BCUT2D eigenvalue weighted by molar-refractivity contribution is -0.137. The van der Waals surface area contributed by atoms with Gasteiger partial charge < -0.3 is 5.32 Å². The van der Waals surface area contributed by atoms with Gasteiger partial charge in [-0.2, -0.15) is 13.2 Å². The van der Waals surface area contributed by atoms with Crippen molar-refractivity contribution < 1.29 is 18.0 Å². The quantitative estimate of drug-likeness (QED) is 0.920. The van der Waals surface area contributed by atoms with Crippen LogP contribution in [0.1, 0.15) is 45.5 Å². The van der Waals surface area contributed by atoms with Crippen LogP contribution in [0.4, 0.5) is 13.2 Å². The molecule has 0 spiro atoms. The van der Waals surface area contributed by atoms with Crippen molar-refractivity contribution in [2.75, 3.05) is 0 Å². The molecular formula is C13H12F3N3OS2. The van der Waals surface area contributed by atoms with E-state index in [1.54, 1.807) is 0 Å². The van der Waals surface area contributed by atoms with E-state index in [9.17, 15) is 18.0 Å². The van der Waals surface area contributed by atoms with E-state index < -0.39 is 22.6 Å². The molecule has 2 aromatic rings. The van der Waals surface area contributed by atoms with E-state index in [1.165, 1.54) is 11.3 Å². The van der Waals surface area contributed by atoms with Crippen LogP contribution in [0.15, 0.2) is 10.8 Å². The molecule has 0 aliphatic heterocycles. The maximum absolute atomic E-state index is 12.6. The van der Waals surface area contributed by atoms with Crippen LogP contribution in [-0.4, -0.2) is 15.9 Å². The third-order valence-corrected chi connectivity index (χ3v) is 5.62. The molecule has 0 unspecified atom stereocenters. The van der Waals surface area contributed by atoms with Crippen LogP contribution in [0, 0.1) is 6.92 Å². The Morgan fingerprint density at radius 3 is 2.45 bits per heavy atom. The molecule has 0 atom stereocenters. The summed E-state index contributed by atoms with van der Waals surface area (Å²) in [6.45, 7) is 1.87. The molecular weight excluding hydrogens is 335 g/mol. The van der Waals surface area contributed by atoms with Gasteiger partial charge in [0.25, 0.3) is 5.91 Å². The van der Waals surface area contributed by atoms with E-state index in [1.807, 2.05) is 12.3 Å². The fraction of sp³-hybridized carbons (Fsp3) is 0.462. The zero-order valence-corrected chi connectivity index (χ0v) is 13.2. The summed E-state index contributed by atoms with van der Waals surface area (Å²) in [6, 6.07) is 0. The average Bonchev–Trinajstić information content (AvgIpc) is 3.01. The lowest BCUT2D eigenvalue weighted by atomic mass is 9.77. The van der Waals surface area contributed by atoms with E-state index in [-0.39, 0.29) is 5.69 Å². The highest BCUT2D eigenvalue weighted by Gasteiger charge is 2.43. The molecule has 1 fully saturated rings. The Morgan fingerprint density at radius 2 is 2.00 bits per heavy atom. The van der Waals surface area contributed by atoms with Gasteiger partial charge in [0.1, 0.15) is 10.7 Å². The average molecular weight is 347 g/mol. The second-order valence-corrected chi connectivity index (χ2v) is 6.94. The molecule has 1 saturated carbocycles. The summed E-state index contributed by atoms with van der Waals surface area (Å²) in [7, 11) is 0. The van der Waals surface area contributed by atoms with E-state index in [0.717, 1.165) is 35.3 Å². The molecule has 1 amide bonds. The molecule has 2 heterocycles. The first kappa shape index (κ1) is 15.4. The van der Waals surface area contributed by atoms with E-state index >= 15 is 0 Å². The number of carbonyl (C=O) groups excluding carboxylic acids is 1. The highest BCUT2D eigenvalue weighted by Crippen LogP contribution is 2.42. The molecule has 1 aliphatic carbocycles. The molecule has 2 aromatic heterocycles. The first-order valence-electron chi connectivity index (χ1n) is 6.58. The summed E-state index contributed by atoms with van der Waals surface area (Å²) in [5.41, 5.74) is 0.114. The zero-order chi connectivity index (χ0) is 16.0. The maximum atomic E-state index is 12.6. The van der Waals surface area contributed by atoms with Crippen LogP contribution >= 0.6 is 22.7 Å². The Balaban J connectivity index is 1.80. The van der Waals surface area contributed by atoms with Crippen molar-refractivity contribution in [3.63, 3.8) is 0 Å². The van der Waals surface area contributed by atoms with Gasteiger partial charge in [-0.3, -0.25) is 4.79 Å². The molecule has 9 heteroatoms. The number of aryl methyl sites for hydroxylation is 1. The van der Waals surface area contributed by atoms with Gasteiger partial charge in [-0.1, -0.05) is 0 Å². The molecule has 0 saturated heterocycles. The third kappa shape index (κ3) is 2.74. The number of carbonyl (C=O) groups is 1. The highest BCUT2D eigenvalue weighted by atomic mass is 32.1. The molecule has 0 bridgehead atoms. The molecule has 0 aromatic carbocycles. The molecule has 1 N–H and O–H groups in total. The summed E-state index contributed by atoms with van der Waals surface area (Å²) < 4.78 is 37.7. The van der Waals surface area contributed by atoms with Crippen LogP contribution in [0.25, 0.3) is 0 Å². The number of thiazole rings is 2. The van der Waals surface area contributed by atoms with Crippen molar-refractivity contribution in [1.29, 1.82) is 0 Å². The zero-order valence-electron chi connectivity index (χ0n) is 11.5. The largest absolute Gasteiger partial charge is 0.443 e. The Hall–Kier alpha value is -1.48. The lowest BCUT2D eigenvalue weighted by Crippen LogP contribution is -2.50. The number of hydrogen-bond donors (Lipinski definition) is 1. The van der Waals surface area contributed by atoms with Gasteiger partial charge in [0.15, 0.2) is 5.01 Å². The van der Waals surface area contributed by atoms with Gasteiger partial charge in [-0.25, -0.2) is 9.97 Å². The Kier molecular flexibility index (Phi) is 3.72. The predicted octanol–water partition coefficient (Wildman–Crippen LogP) is 3.74. The number of aromatic nitrogens is 2. The summed E-state index contributed by atoms with van der Waals surface area (Å²) in [5.74, 6) is -0.584. The van der Waals surface area contributed by atoms with Crippen LogP contribution in [-0.2, 0) is 11.7 Å². The molecule has 0 radical (unpaired) electrons. The van der Waals surface area contributed by atoms with Gasteiger partial charge in [0.05, 0.1) is 5.54 Å². The Morgan fingerprint density at radius 1 is 1.27 bits per heavy atom. The number of halogens is 3. The lowest BCUT2D eigenvalue weighted by Gasteiger charge is -2.40. The van der Waals surface area contributed by atoms with Gasteiger partial charge in [0, 0.05) is 16.5 Å². The summed E-state index contributed by atoms with van der Waals surface area (Å²) in [4.78, 5) is 20.0. The molecule has 118 valence electrons. The molecule has 3 rings (SSSR count). The van der Waals surface area contributed by atoms with Gasteiger partial charge in [-0.05, 0) is 26.2 Å². The number of nitrogens with one attached hydrogen (secondary N) is 1. The van der Waals surface area contributed by atoms with Gasteiger partial charge in [-0.15, -0.1) is 22.7 Å². The molecule has 4 nitrogen and oxygen atoms in total. The molecule has 22 heavy (non-hydrogen) atoms. The smallest absolute Gasteiger partial charge is 0.339 e. The van der Waals surface area contributed by atoms with Gasteiger partial charge in [0.2, 0.25) is 0 Å². The summed E-state index contributed by atoms with van der Waals surface area (Å²) in [6.07, 6.45) is -2.10. The number of rotatable bonds is 3. The monoisotopic (exact) mass is 347 g/mol. The van der Waals surface area contributed by atoms with Crippen molar-refractivity contribution in [2.45, 2.75) is 37.9 Å². The fourth-order valence-electron chi connectivity index (χ4n) is 2.29. The number of nitrogens with zero attached hydrogens (tertiary/aromatic N) is 2.